The van der Waals surface area contributed by atoms with E-state index in [1.54, 1.807) is 0 Å². The third kappa shape index (κ3) is 1.67. The van der Waals surface area contributed by atoms with Crippen LogP contribution in [0.15, 0.2) is 59.3 Å². The predicted molar refractivity (Wildman–Crippen MR) is 79.5 cm³/mol. The quantitative estimate of drug-likeness (QED) is 0.510. The van der Waals surface area contributed by atoms with Crippen molar-refractivity contribution < 1.29 is 4.42 Å². The van der Waals surface area contributed by atoms with Gasteiger partial charge in [-0.15, -0.1) is 0 Å². The maximum atomic E-state index is 5.74. The first-order chi connectivity index (χ1) is 9.81. The molecule has 0 aliphatic rings. The van der Waals surface area contributed by atoms with E-state index >= 15 is 0 Å². The molecule has 0 saturated carbocycles. The van der Waals surface area contributed by atoms with Gasteiger partial charge in [0, 0.05) is 28.7 Å². The lowest BCUT2D eigenvalue weighted by Gasteiger charge is -2.01. The number of pyridine rings is 2. The highest BCUT2D eigenvalue weighted by Gasteiger charge is 2.09. The zero-order chi connectivity index (χ0) is 13.5. The molecule has 96 valence electrons. The van der Waals surface area contributed by atoms with Crippen LogP contribution >= 0.6 is 0 Å². The van der Waals surface area contributed by atoms with Crippen LogP contribution in [0.25, 0.3) is 33.3 Å². The number of furan rings is 1. The Bertz CT molecular complexity index is 924. The minimum atomic E-state index is 0.669. The third-order valence-corrected chi connectivity index (χ3v) is 3.45. The first kappa shape index (κ1) is 11.2. The number of benzene rings is 1. The van der Waals surface area contributed by atoms with Crippen molar-refractivity contribution >= 4 is 22.1 Å². The molecule has 3 nitrogen and oxygen atoms in total. The van der Waals surface area contributed by atoms with Crippen LogP contribution in [0.1, 0.15) is 5.56 Å². The van der Waals surface area contributed by atoms with Crippen molar-refractivity contribution in [3.05, 3.63) is 60.4 Å². The lowest BCUT2D eigenvalue weighted by Crippen LogP contribution is -1.85. The minimum Gasteiger partial charge on any atom is -0.438 e. The number of fused-ring (bicyclic) bond motifs is 3. The summed E-state index contributed by atoms with van der Waals surface area (Å²) in [5, 5.41) is 2.12. The van der Waals surface area contributed by atoms with Crippen LogP contribution < -0.4 is 0 Å². The Morgan fingerprint density at radius 3 is 2.75 bits per heavy atom. The van der Waals surface area contributed by atoms with E-state index in [9.17, 15) is 0 Å². The van der Waals surface area contributed by atoms with E-state index in [1.165, 1.54) is 5.56 Å². The number of hydrogen-bond acceptors (Lipinski definition) is 3. The molecule has 0 aliphatic carbocycles. The Labute approximate surface area is 115 Å². The third-order valence-electron chi connectivity index (χ3n) is 3.45. The molecule has 1 aromatic carbocycles. The van der Waals surface area contributed by atoms with Gasteiger partial charge in [0.15, 0.2) is 0 Å². The van der Waals surface area contributed by atoms with Gasteiger partial charge in [0.1, 0.15) is 5.58 Å². The van der Waals surface area contributed by atoms with E-state index in [0.29, 0.717) is 5.71 Å². The van der Waals surface area contributed by atoms with Gasteiger partial charge in [0.05, 0.1) is 5.69 Å². The van der Waals surface area contributed by atoms with Gasteiger partial charge in [-0.2, -0.15) is 0 Å². The molecule has 20 heavy (non-hydrogen) atoms. The van der Waals surface area contributed by atoms with Gasteiger partial charge in [-0.25, -0.2) is 4.98 Å². The van der Waals surface area contributed by atoms with Crippen molar-refractivity contribution in [1.82, 2.24) is 9.97 Å². The summed E-state index contributed by atoms with van der Waals surface area (Å²) in [4.78, 5) is 8.83. The highest BCUT2D eigenvalue weighted by molar-refractivity contribution is 6.04. The molecule has 0 radical (unpaired) electrons. The molecular weight excluding hydrogens is 248 g/mol. The average molecular weight is 260 g/mol. The lowest BCUT2D eigenvalue weighted by atomic mass is 10.1. The van der Waals surface area contributed by atoms with Crippen LogP contribution in [0.4, 0.5) is 0 Å². The van der Waals surface area contributed by atoms with E-state index in [2.05, 4.69) is 35.1 Å². The molecule has 0 amide bonds. The van der Waals surface area contributed by atoms with Gasteiger partial charge in [0.2, 0.25) is 5.71 Å². The maximum Gasteiger partial charge on any atom is 0.227 e. The molecule has 3 heteroatoms. The number of aromatic nitrogens is 2. The number of aryl methyl sites for hydroxylation is 1. The normalized spacial score (nSPS) is 11.2. The fourth-order valence-corrected chi connectivity index (χ4v) is 2.44. The highest BCUT2D eigenvalue weighted by atomic mass is 16.3. The lowest BCUT2D eigenvalue weighted by molar-refractivity contribution is 0.654. The van der Waals surface area contributed by atoms with E-state index in [4.69, 9.17) is 4.42 Å². The summed E-state index contributed by atoms with van der Waals surface area (Å²) in [7, 11) is 0. The van der Waals surface area contributed by atoms with Crippen LogP contribution in [-0.4, -0.2) is 9.97 Å². The Morgan fingerprint density at radius 2 is 1.85 bits per heavy atom. The predicted octanol–water partition coefficient (Wildman–Crippen LogP) is 4.35. The van der Waals surface area contributed by atoms with Gasteiger partial charge in [-0.3, -0.25) is 4.98 Å². The Balaban J connectivity index is 2.00. The average Bonchev–Trinajstić information content (AvgIpc) is 2.85. The molecule has 0 saturated heterocycles. The number of para-hydroxylation sites is 1. The maximum absolute atomic E-state index is 5.74. The van der Waals surface area contributed by atoms with Gasteiger partial charge < -0.3 is 4.42 Å². The largest absolute Gasteiger partial charge is 0.438 e. The fraction of sp³-hybridized carbons (Fsp3) is 0.0588. The molecule has 0 atom stereocenters. The molecule has 0 unspecified atom stereocenters. The number of rotatable bonds is 1. The molecule has 3 aromatic heterocycles. The standard InChI is InChI=1S/C17H12N2O/c1-11-6-7-18-15(8-11)12-9-14-13-4-2-3-5-16(13)20-17(14)19-10-12/h2-10H,1H3. The smallest absolute Gasteiger partial charge is 0.227 e. The van der Waals surface area contributed by atoms with Crippen LogP contribution in [0, 0.1) is 6.92 Å². The molecule has 0 bridgehead atoms. The summed E-state index contributed by atoms with van der Waals surface area (Å²) >= 11 is 0. The summed E-state index contributed by atoms with van der Waals surface area (Å²) in [5.41, 5.74) is 4.66. The second-order valence-corrected chi connectivity index (χ2v) is 4.89. The number of nitrogens with zero attached hydrogens (tertiary/aromatic N) is 2. The highest BCUT2D eigenvalue weighted by Crippen LogP contribution is 2.30. The van der Waals surface area contributed by atoms with Gasteiger partial charge in [0.25, 0.3) is 0 Å². The van der Waals surface area contributed by atoms with Crippen LogP contribution in [0.2, 0.25) is 0 Å². The van der Waals surface area contributed by atoms with Crippen molar-refractivity contribution in [2.75, 3.05) is 0 Å². The van der Waals surface area contributed by atoms with E-state index in [-0.39, 0.29) is 0 Å². The van der Waals surface area contributed by atoms with E-state index in [0.717, 1.165) is 27.6 Å². The molecule has 0 fully saturated rings. The molecule has 0 aliphatic heterocycles. The van der Waals surface area contributed by atoms with E-state index < -0.39 is 0 Å². The summed E-state index contributed by atoms with van der Waals surface area (Å²) in [6.07, 6.45) is 3.63. The Morgan fingerprint density at radius 1 is 0.950 bits per heavy atom. The topological polar surface area (TPSA) is 38.9 Å². The summed E-state index contributed by atoms with van der Waals surface area (Å²) < 4.78 is 5.74. The Hall–Kier alpha value is -2.68. The van der Waals surface area contributed by atoms with Crippen molar-refractivity contribution in [2.24, 2.45) is 0 Å². The zero-order valence-electron chi connectivity index (χ0n) is 11.0. The van der Waals surface area contributed by atoms with Crippen molar-refractivity contribution in [3.8, 4) is 11.3 Å². The molecule has 0 N–H and O–H groups in total. The van der Waals surface area contributed by atoms with E-state index in [1.807, 2.05) is 36.7 Å². The van der Waals surface area contributed by atoms with Crippen molar-refractivity contribution in [1.29, 1.82) is 0 Å². The van der Waals surface area contributed by atoms with Gasteiger partial charge in [-0.1, -0.05) is 18.2 Å². The van der Waals surface area contributed by atoms with Crippen molar-refractivity contribution in [2.45, 2.75) is 6.92 Å². The number of hydrogen-bond donors (Lipinski definition) is 0. The molecular formula is C17H12N2O. The molecule has 3 heterocycles. The second-order valence-electron chi connectivity index (χ2n) is 4.89. The summed E-state index contributed by atoms with van der Waals surface area (Å²) in [5.74, 6) is 0. The molecule has 4 rings (SSSR count). The van der Waals surface area contributed by atoms with Crippen LogP contribution in [-0.2, 0) is 0 Å². The summed E-state index contributed by atoms with van der Waals surface area (Å²) in [6.45, 7) is 2.06. The first-order valence-corrected chi connectivity index (χ1v) is 6.51. The minimum absolute atomic E-state index is 0.669. The second kappa shape index (κ2) is 4.17. The van der Waals surface area contributed by atoms with Crippen LogP contribution in [0.5, 0.6) is 0 Å². The molecule has 0 spiro atoms. The Kier molecular flexibility index (Phi) is 2.33. The fourth-order valence-electron chi connectivity index (χ4n) is 2.44. The van der Waals surface area contributed by atoms with Gasteiger partial charge in [-0.05, 0) is 36.8 Å². The SMILES string of the molecule is Cc1ccnc(-c2cnc3oc4ccccc4c3c2)c1. The van der Waals surface area contributed by atoms with Crippen molar-refractivity contribution in [3.63, 3.8) is 0 Å². The van der Waals surface area contributed by atoms with Gasteiger partial charge >= 0.3 is 0 Å². The molecule has 4 aromatic rings. The van der Waals surface area contributed by atoms with Crippen LogP contribution in [0.3, 0.4) is 0 Å². The monoisotopic (exact) mass is 260 g/mol. The first-order valence-electron chi connectivity index (χ1n) is 6.51. The zero-order valence-corrected chi connectivity index (χ0v) is 11.0. The summed E-state index contributed by atoms with van der Waals surface area (Å²) in [6, 6.07) is 14.1.